The van der Waals surface area contributed by atoms with E-state index in [0.717, 1.165) is 5.56 Å². The molecule has 0 saturated carbocycles. The van der Waals surface area contributed by atoms with Gasteiger partial charge in [-0.05, 0) is 45.3 Å². The van der Waals surface area contributed by atoms with Crippen molar-refractivity contribution in [1.82, 2.24) is 10.2 Å². The molecule has 0 atom stereocenters. The summed E-state index contributed by atoms with van der Waals surface area (Å²) in [4.78, 5) is 0. The standard InChI is InChI=1S/C18H12N2/c1-2-5-14-11-18-15(10-13(14)4-1)6-3-7-17(18)16-8-9-19-20-12-16/h1-12H. The minimum absolute atomic E-state index is 1.10. The fraction of sp³-hybridized carbons (Fsp3) is 0. The van der Waals surface area contributed by atoms with Gasteiger partial charge < -0.3 is 0 Å². The first kappa shape index (κ1) is 11.1. The highest BCUT2D eigenvalue weighted by atomic mass is 15.1. The minimum Gasteiger partial charge on any atom is -0.159 e. The van der Waals surface area contributed by atoms with Gasteiger partial charge in [-0.2, -0.15) is 10.2 Å². The number of fused-ring (bicyclic) bond motifs is 2. The van der Waals surface area contributed by atoms with Crippen LogP contribution in [0.5, 0.6) is 0 Å². The molecule has 94 valence electrons. The third-order valence-corrected chi connectivity index (χ3v) is 3.64. The van der Waals surface area contributed by atoms with Gasteiger partial charge in [-0.15, -0.1) is 0 Å². The summed E-state index contributed by atoms with van der Waals surface area (Å²) in [6.07, 6.45) is 3.54. The molecule has 0 amide bonds. The van der Waals surface area contributed by atoms with Crippen molar-refractivity contribution in [3.8, 4) is 11.1 Å². The van der Waals surface area contributed by atoms with E-state index in [2.05, 4.69) is 64.8 Å². The lowest BCUT2D eigenvalue weighted by Crippen LogP contribution is -1.85. The third kappa shape index (κ3) is 1.74. The van der Waals surface area contributed by atoms with Crippen LogP contribution in [0, 0.1) is 0 Å². The average molecular weight is 256 g/mol. The molecule has 2 nitrogen and oxygen atoms in total. The first-order valence-electron chi connectivity index (χ1n) is 6.60. The molecule has 2 heteroatoms. The Morgan fingerprint density at radius 1 is 0.650 bits per heavy atom. The number of nitrogens with zero attached hydrogens (tertiary/aromatic N) is 2. The molecule has 4 aromatic rings. The molecule has 0 aliphatic heterocycles. The van der Waals surface area contributed by atoms with E-state index in [1.54, 1.807) is 6.20 Å². The number of hydrogen-bond acceptors (Lipinski definition) is 2. The predicted octanol–water partition coefficient (Wildman–Crippen LogP) is 4.45. The molecule has 0 unspecified atom stereocenters. The lowest BCUT2D eigenvalue weighted by Gasteiger charge is -2.08. The molecule has 20 heavy (non-hydrogen) atoms. The highest BCUT2D eigenvalue weighted by Crippen LogP contribution is 2.31. The summed E-state index contributed by atoms with van der Waals surface area (Å²) in [6.45, 7) is 0. The number of hydrogen-bond donors (Lipinski definition) is 0. The Bertz CT molecular complexity index is 899. The monoisotopic (exact) mass is 256 g/mol. The molecule has 1 heterocycles. The Morgan fingerprint density at radius 3 is 2.25 bits per heavy atom. The van der Waals surface area contributed by atoms with Gasteiger partial charge in [-0.25, -0.2) is 0 Å². The van der Waals surface area contributed by atoms with Crippen LogP contribution in [0.4, 0.5) is 0 Å². The molecule has 4 rings (SSSR count). The summed E-state index contributed by atoms with van der Waals surface area (Å²) in [5.41, 5.74) is 2.30. The molecular formula is C18H12N2. The Hall–Kier alpha value is -2.74. The van der Waals surface area contributed by atoms with Gasteiger partial charge in [0, 0.05) is 5.56 Å². The topological polar surface area (TPSA) is 25.8 Å². The average Bonchev–Trinajstić information content (AvgIpc) is 2.53. The van der Waals surface area contributed by atoms with Crippen molar-refractivity contribution in [2.75, 3.05) is 0 Å². The molecule has 0 radical (unpaired) electrons. The summed E-state index contributed by atoms with van der Waals surface area (Å²) in [6, 6.07) is 21.3. The van der Waals surface area contributed by atoms with Crippen LogP contribution < -0.4 is 0 Å². The number of rotatable bonds is 1. The fourth-order valence-corrected chi connectivity index (χ4v) is 2.67. The van der Waals surface area contributed by atoms with Crippen LogP contribution in [0.25, 0.3) is 32.7 Å². The van der Waals surface area contributed by atoms with Gasteiger partial charge in [0.1, 0.15) is 0 Å². The minimum atomic E-state index is 1.10. The van der Waals surface area contributed by atoms with Gasteiger partial charge >= 0.3 is 0 Å². The van der Waals surface area contributed by atoms with E-state index < -0.39 is 0 Å². The zero-order valence-corrected chi connectivity index (χ0v) is 10.8. The molecular weight excluding hydrogens is 244 g/mol. The number of aromatic nitrogens is 2. The first-order chi connectivity index (χ1) is 9.92. The maximum atomic E-state index is 3.98. The van der Waals surface area contributed by atoms with Gasteiger partial charge in [0.2, 0.25) is 0 Å². The maximum absolute atomic E-state index is 3.98. The lowest BCUT2D eigenvalue weighted by atomic mass is 9.97. The van der Waals surface area contributed by atoms with Gasteiger partial charge in [0.15, 0.2) is 0 Å². The lowest BCUT2D eigenvalue weighted by molar-refractivity contribution is 1.03. The van der Waals surface area contributed by atoms with Crippen LogP contribution in [0.15, 0.2) is 73.1 Å². The Kier molecular flexibility index (Phi) is 2.46. The molecule has 1 aromatic heterocycles. The second kappa shape index (κ2) is 4.42. The molecule has 0 fully saturated rings. The highest BCUT2D eigenvalue weighted by Gasteiger charge is 2.05. The summed E-state index contributed by atoms with van der Waals surface area (Å²) >= 11 is 0. The second-order valence-electron chi connectivity index (χ2n) is 4.86. The molecule has 0 bridgehead atoms. The fourth-order valence-electron chi connectivity index (χ4n) is 2.67. The van der Waals surface area contributed by atoms with Gasteiger partial charge in [0.05, 0.1) is 12.4 Å². The predicted molar refractivity (Wildman–Crippen MR) is 82.5 cm³/mol. The van der Waals surface area contributed by atoms with Crippen molar-refractivity contribution in [3.05, 3.63) is 73.1 Å². The van der Waals surface area contributed by atoms with E-state index in [9.17, 15) is 0 Å². The molecule has 0 saturated heterocycles. The first-order valence-corrected chi connectivity index (χ1v) is 6.60. The van der Waals surface area contributed by atoms with Gasteiger partial charge in [0.25, 0.3) is 0 Å². The Balaban J connectivity index is 2.09. The van der Waals surface area contributed by atoms with Crippen molar-refractivity contribution in [2.45, 2.75) is 0 Å². The van der Waals surface area contributed by atoms with Crippen LogP contribution in [-0.4, -0.2) is 10.2 Å². The van der Waals surface area contributed by atoms with Crippen LogP contribution in [0.3, 0.4) is 0 Å². The Labute approximate surface area is 116 Å². The smallest absolute Gasteiger partial charge is 0.0574 e. The van der Waals surface area contributed by atoms with E-state index in [4.69, 9.17) is 0 Å². The van der Waals surface area contributed by atoms with Crippen molar-refractivity contribution in [1.29, 1.82) is 0 Å². The molecule has 0 spiro atoms. The molecule has 0 aliphatic carbocycles. The van der Waals surface area contributed by atoms with Crippen LogP contribution in [0.2, 0.25) is 0 Å². The normalized spacial score (nSPS) is 11.0. The molecule has 0 aliphatic rings. The summed E-state index contributed by atoms with van der Waals surface area (Å²) in [5.74, 6) is 0. The third-order valence-electron chi connectivity index (χ3n) is 3.64. The SMILES string of the molecule is c1ccc2cc3c(-c4ccnnc4)cccc3cc2c1. The van der Waals surface area contributed by atoms with Crippen LogP contribution in [-0.2, 0) is 0 Å². The zero-order valence-electron chi connectivity index (χ0n) is 10.8. The second-order valence-corrected chi connectivity index (χ2v) is 4.86. The highest BCUT2D eigenvalue weighted by molar-refractivity contribution is 6.04. The van der Waals surface area contributed by atoms with E-state index in [1.165, 1.54) is 27.1 Å². The number of benzene rings is 3. The van der Waals surface area contributed by atoms with Crippen molar-refractivity contribution >= 4 is 21.5 Å². The van der Waals surface area contributed by atoms with Gasteiger partial charge in [-0.3, -0.25) is 0 Å². The summed E-state index contributed by atoms with van der Waals surface area (Å²) < 4.78 is 0. The van der Waals surface area contributed by atoms with E-state index in [1.807, 2.05) is 12.3 Å². The molecule has 3 aromatic carbocycles. The van der Waals surface area contributed by atoms with Crippen LogP contribution in [0.1, 0.15) is 0 Å². The molecule has 0 N–H and O–H groups in total. The summed E-state index contributed by atoms with van der Waals surface area (Å²) in [7, 11) is 0. The van der Waals surface area contributed by atoms with Gasteiger partial charge in [-0.1, -0.05) is 42.5 Å². The maximum Gasteiger partial charge on any atom is 0.0574 e. The largest absolute Gasteiger partial charge is 0.159 e. The van der Waals surface area contributed by atoms with E-state index in [-0.39, 0.29) is 0 Å². The quantitative estimate of drug-likeness (QED) is 0.470. The van der Waals surface area contributed by atoms with Crippen molar-refractivity contribution in [2.24, 2.45) is 0 Å². The Morgan fingerprint density at radius 2 is 1.45 bits per heavy atom. The van der Waals surface area contributed by atoms with Crippen molar-refractivity contribution < 1.29 is 0 Å². The van der Waals surface area contributed by atoms with E-state index in [0.29, 0.717) is 0 Å². The van der Waals surface area contributed by atoms with Crippen LogP contribution >= 0.6 is 0 Å². The zero-order chi connectivity index (χ0) is 13.4. The van der Waals surface area contributed by atoms with Crippen molar-refractivity contribution in [3.63, 3.8) is 0 Å². The summed E-state index contributed by atoms with van der Waals surface area (Å²) in [5, 5.41) is 12.9. The van der Waals surface area contributed by atoms with E-state index >= 15 is 0 Å².